The van der Waals surface area contributed by atoms with Crippen LogP contribution >= 0.6 is 0 Å². The van der Waals surface area contributed by atoms with Crippen molar-refractivity contribution in [2.75, 3.05) is 6.54 Å². The highest BCUT2D eigenvalue weighted by Crippen LogP contribution is 2.47. The minimum Gasteiger partial charge on any atom is -0.309 e. The molecular weight excluding hydrogens is 256 g/mol. The predicted octanol–water partition coefficient (Wildman–Crippen LogP) is 4.89. The van der Waals surface area contributed by atoms with E-state index in [1.54, 1.807) is 6.92 Å². The number of rotatable bonds is 5. The summed E-state index contributed by atoms with van der Waals surface area (Å²) in [5, 5.41) is 3.45. The maximum atomic E-state index is 14.3. The maximum absolute atomic E-state index is 14.3. The first-order chi connectivity index (χ1) is 9.48. The van der Waals surface area contributed by atoms with Crippen LogP contribution in [0.2, 0.25) is 0 Å². The molecule has 1 aliphatic rings. The lowest BCUT2D eigenvalue weighted by Crippen LogP contribution is -2.35. The lowest BCUT2D eigenvalue weighted by molar-refractivity contribution is 0.218. The fourth-order valence-corrected chi connectivity index (χ4v) is 3.37. The lowest BCUT2D eigenvalue weighted by atomic mass is 9.77. The van der Waals surface area contributed by atoms with E-state index in [-0.39, 0.29) is 23.1 Å². The summed E-state index contributed by atoms with van der Waals surface area (Å²) in [6.45, 7) is 6.72. The molecule has 3 heteroatoms. The van der Waals surface area contributed by atoms with Crippen molar-refractivity contribution in [3.05, 3.63) is 34.9 Å². The van der Waals surface area contributed by atoms with E-state index in [0.717, 1.165) is 25.8 Å². The monoisotopic (exact) mass is 281 g/mol. The lowest BCUT2D eigenvalue weighted by Gasteiger charge is -2.35. The molecule has 1 aromatic carbocycles. The molecule has 1 nitrogen and oxygen atoms in total. The highest BCUT2D eigenvalue weighted by atomic mass is 19.1. The Morgan fingerprint density at radius 1 is 1.20 bits per heavy atom. The predicted molar refractivity (Wildman–Crippen MR) is 78.7 cm³/mol. The third kappa shape index (κ3) is 3.03. The molecule has 0 heterocycles. The van der Waals surface area contributed by atoms with Gasteiger partial charge >= 0.3 is 0 Å². The molecule has 0 saturated heterocycles. The number of aryl methyl sites for hydroxylation is 1. The average Bonchev–Trinajstić information content (AvgIpc) is 2.83. The zero-order valence-electron chi connectivity index (χ0n) is 12.7. The number of benzene rings is 1. The van der Waals surface area contributed by atoms with Crippen LogP contribution in [-0.2, 0) is 0 Å². The SMILES string of the molecule is CCCNC(c1cc(F)c(C)cc1F)C1(C)CCCC1. The molecule has 1 saturated carbocycles. The first kappa shape index (κ1) is 15.4. The second-order valence-corrected chi connectivity index (χ2v) is 6.37. The normalized spacial score (nSPS) is 19.2. The van der Waals surface area contributed by atoms with E-state index in [9.17, 15) is 8.78 Å². The molecule has 1 unspecified atom stereocenters. The van der Waals surface area contributed by atoms with E-state index >= 15 is 0 Å². The fourth-order valence-electron chi connectivity index (χ4n) is 3.37. The van der Waals surface area contributed by atoms with Gasteiger partial charge in [-0.2, -0.15) is 0 Å². The van der Waals surface area contributed by atoms with Gasteiger partial charge in [0.2, 0.25) is 0 Å². The fraction of sp³-hybridized carbons (Fsp3) is 0.647. The molecule has 0 radical (unpaired) electrons. The molecule has 0 spiro atoms. The summed E-state index contributed by atoms with van der Waals surface area (Å²) in [5.41, 5.74) is 0.889. The first-order valence-electron chi connectivity index (χ1n) is 7.67. The summed E-state index contributed by atoms with van der Waals surface area (Å²) in [6, 6.07) is 2.62. The minimum atomic E-state index is -0.314. The van der Waals surface area contributed by atoms with Crippen molar-refractivity contribution in [1.82, 2.24) is 5.32 Å². The Balaban J connectivity index is 2.38. The maximum Gasteiger partial charge on any atom is 0.128 e. The van der Waals surface area contributed by atoms with Gasteiger partial charge in [-0.25, -0.2) is 8.78 Å². The van der Waals surface area contributed by atoms with E-state index < -0.39 is 0 Å². The number of hydrogen-bond acceptors (Lipinski definition) is 1. The molecule has 0 bridgehead atoms. The van der Waals surface area contributed by atoms with Gasteiger partial charge in [0.15, 0.2) is 0 Å². The van der Waals surface area contributed by atoms with E-state index in [1.807, 2.05) is 0 Å². The third-order valence-corrected chi connectivity index (χ3v) is 4.63. The molecule has 2 rings (SSSR count). The molecule has 1 N–H and O–H groups in total. The van der Waals surface area contributed by atoms with Gasteiger partial charge in [0.25, 0.3) is 0 Å². The molecule has 0 aromatic heterocycles. The van der Waals surface area contributed by atoms with Gasteiger partial charge in [-0.15, -0.1) is 0 Å². The topological polar surface area (TPSA) is 12.0 Å². The summed E-state index contributed by atoms with van der Waals surface area (Å²) in [4.78, 5) is 0. The second kappa shape index (κ2) is 6.21. The van der Waals surface area contributed by atoms with E-state index in [1.165, 1.54) is 25.0 Å². The van der Waals surface area contributed by atoms with E-state index in [0.29, 0.717) is 11.1 Å². The van der Waals surface area contributed by atoms with Gasteiger partial charge in [-0.1, -0.05) is 26.7 Å². The Morgan fingerprint density at radius 2 is 1.85 bits per heavy atom. The number of halogens is 2. The number of hydrogen-bond donors (Lipinski definition) is 1. The standard InChI is InChI=1S/C17H25F2N/c1-4-9-20-16(17(3)7-5-6-8-17)13-11-14(18)12(2)10-15(13)19/h10-11,16,20H,4-9H2,1-3H3. The van der Waals surface area contributed by atoms with Crippen molar-refractivity contribution in [3.63, 3.8) is 0 Å². The van der Waals surface area contributed by atoms with Crippen LogP contribution in [0.15, 0.2) is 12.1 Å². The molecular formula is C17H25F2N. The highest BCUT2D eigenvalue weighted by Gasteiger charge is 2.38. The molecule has 0 amide bonds. The highest BCUT2D eigenvalue weighted by molar-refractivity contribution is 5.29. The van der Waals surface area contributed by atoms with Gasteiger partial charge in [-0.05, 0) is 55.8 Å². The quantitative estimate of drug-likeness (QED) is 0.810. The van der Waals surface area contributed by atoms with Crippen LogP contribution in [0.25, 0.3) is 0 Å². The molecule has 1 atom stereocenters. The van der Waals surface area contributed by atoms with Crippen molar-refractivity contribution >= 4 is 0 Å². The zero-order valence-corrected chi connectivity index (χ0v) is 12.7. The Kier molecular flexibility index (Phi) is 4.79. The van der Waals surface area contributed by atoms with Crippen LogP contribution in [0.1, 0.15) is 63.1 Å². The van der Waals surface area contributed by atoms with E-state index in [2.05, 4.69) is 19.2 Å². The van der Waals surface area contributed by atoms with Crippen LogP contribution in [-0.4, -0.2) is 6.54 Å². The molecule has 20 heavy (non-hydrogen) atoms. The summed E-state index contributed by atoms with van der Waals surface area (Å²) < 4.78 is 28.2. The molecule has 1 aliphatic carbocycles. The minimum absolute atomic E-state index is 0.0255. The van der Waals surface area contributed by atoms with Crippen molar-refractivity contribution in [2.24, 2.45) is 5.41 Å². The van der Waals surface area contributed by atoms with Crippen LogP contribution in [0.4, 0.5) is 8.78 Å². The number of nitrogens with one attached hydrogen (secondary N) is 1. The first-order valence-corrected chi connectivity index (χ1v) is 7.67. The second-order valence-electron chi connectivity index (χ2n) is 6.37. The van der Waals surface area contributed by atoms with Crippen molar-refractivity contribution in [1.29, 1.82) is 0 Å². The summed E-state index contributed by atoms with van der Waals surface area (Å²) in [5.74, 6) is -0.600. The summed E-state index contributed by atoms with van der Waals surface area (Å²) >= 11 is 0. The van der Waals surface area contributed by atoms with Crippen LogP contribution < -0.4 is 5.32 Å². The molecule has 1 fully saturated rings. The largest absolute Gasteiger partial charge is 0.309 e. The Labute approximate surface area is 120 Å². The van der Waals surface area contributed by atoms with Crippen LogP contribution in [0.5, 0.6) is 0 Å². The van der Waals surface area contributed by atoms with E-state index in [4.69, 9.17) is 0 Å². The van der Waals surface area contributed by atoms with Gasteiger partial charge in [0.1, 0.15) is 11.6 Å². The summed E-state index contributed by atoms with van der Waals surface area (Å²) in [7, 11) is 0. The van der Waals surface area contributed by atoms with Gasteiger partial charge < -0.3 is 5.32 Å². The Hall–Kier alpha value is -0.960. The smallest absolute Gasteiger partial charge is 0.128 e. The van der Waals surface area contributed by atoms with Gasteiger partial charge in [0.05, 0.1) is 0 Å². The van der Waals surface area contributed by atoms with Gasteiger partial charge in [0, 0.05) is 11.6 Å². The molecule has 0 aliphatic heterocycles. The van der Waals surface area contributed by atoms with Crippen LogP contribution in [0, 0.1) is 24.0 Å². The van der Waals surface area contributed by atoms with Crippen molar-refractivity contribution in [3.8, 4) is 0 Å². The van der Waals surface area contributed by atoms with Crippen molar-refractivity contribution in [2.45, 2.75) is 58.9 Å². The summed E-state index contributed by atoms with van der Waals surface area (Å²) in [6.07, 6.45) is 5.49. The van der Waals surface area contributed by atoms with Crippen molar-refractivity contribution < 1.29 is 8.78 Å². The van der Waals surface area contributed by atoms with Crippen LogP contribution in [0.3, 0.4) is 0 Å². The molecule has 1 aromatic rings. The average molecular weight is 281 g/mol. The molecule has 112 valence electrons. The zero-order chi connectivity index (χ0) is 14.8. The Bertz CT molecular complexity index is 464. The third-order valence-electron chi connectivity index (χ3n) is 4.63. The Morgan fingerprint density at radius 3 is 2.45 bits per heavy atom. The van der Waals surface area contributed by atoms with Gasteiger partial charge in [-0.3, -0.25) is 0 Å².